The van der Waals surface area contributed by atoms with Crippen LogP contribution in [0.4, 0.5) is 0 Å². The van der Waals surface area contributed by atoms with E-state index in [4.69, 9.17) is 0 Å². The molecular formula is C9H8BrN5. The van der Waals surface area contributed by atoms with Gasteiger partial charge in [-0.05, 0) is 28.8 Å². The molecule has 0 atom stereocenters. The van der Waals surface area contributed by atoms with E-state index in [1.807, 2.05) is 6.20 Å². The first-order chi connectivity index (χ1) is 7.33. The van der Waals surface area contributed by atoms with E-state index in [2.05, 4.69) is 36.2 Å². The molecule has 0 radical (unpaired) electrons. The molecule has 1 aliphatic rings. The van der Waals surface area contributed by atoms with Crippen LogP contribution >= 0.6 is 15.9 Å². The van der Waals surface area contributed by atoms with Gasteiger partial charge in [0.25, 0.3) is 5.95 Å². The molecule has 2 heterocycles. The Bertz CT molecular complexity index is 474. The van der Waals surface area contributed by atoms with Gasteiger partial charge in [0.05, 0.1) is 16.4 Å². The lowest BCUT2D eigenvalue weighted by Gasteiger charge is -1.96. The van der Waals surface area contributed by atoms with Crippen molar-refractivity contribution in [3.8, 4) is 5.95 Å². The van der Waals surface area contributed by atoms with Gasteiger partial charge in [-0.25, -0.2) is 9.97 Å². The average molecular weight is 266 g/mol. The average Bonchev–Trinajstić information content (AvgIpc) is 2.99. The summed E-state index contributed by atoms with van der Waals surface area (Å²) in [7, 11) is 0. The lowest BCUT2D eigenvalue weighted by atomic mass is 10.3. The zero-order valence-corrected chi connectivity index (χ0v) is 9.42. The van der Waals surface area contributed by atoms with Gasteiger partial charge in [-0.2, -0.15) is 4.68 Å². The van der Waals surface area contributed by atoms with Crippen molar-refractivity contribution in [2.75, 3.05) is 0 Å². The summed E-state index contributed by atoms with van der Waals surface area (Å²) in [5, 5.41) is 8.10. The fourth-order valence-electron chi connectivity index (χ4n) is 1.36. The van der Waals surface area contributed by atoms with Crippen molar-refractivity contribution in [3.05, 3.63) is 28.8 Å². The maximum Gasteiger partial charge on any atom is 0.251 e. The van der Waals surface area contributed by atoms with Gasteiger partial charge < -0.3 is 0 Å². The molecule has 0 aliphatic heterocycles. The minimum atomic E-state index is 0.553. The molecule has 0 bridgehead atoms. The number of nitrogens with zero attached hydrogens (tertiary/aromatic N) is 5. The SMILES string of the molecule is Brc1cnc(-n2cc(C3CC3)nn2)nc1. The number of rotatable bonds is 2. The Morgan fingerprint density at radius 2 is 2.00 bits per heavy atom. The molecule has 6 heteroatoms. The molecule has 3 rings (SSSR count). The van der Waals surface area contributed by atoms with Gasteiger partial charge >= 0.3 is 0 Å². The lowest BCUT2D eigenvalue weighted by molar-refractivity contribution is 0.751. The topological polar surface area (TPSA) is 56.5 Å². The van der Waals surface area contributed by atoms with Crippen LogP contribution in [0.1, 0.15) is 24.5 Å². The number of aromatic nitrogens is 5. The predicted octanol–water partition coefficient (Wildman–Crippen LogP) is 1.70. The van der Waals surface area contributed by atoms with E-state index < -0.39 is 0 Å². The van der Waals surface area contributed by atoms with Crippen LogP contribution in [0.3, 0.4) is 0 Å². The van der Waals surface area contributed by atoms with Crippen LogP contribution in [0.25, 0.3) is 5.95 Å². The second-order valence-electron chi connectivity index (χ2n) is 3.56. The van der Waals surface area contributed by atoms with Crippen molar-refractivity contribution in [3.63, 3.8) is 0 Å². The highest BCUT2D eigenvalue weighted by Gasteiger charge is 2.26. The maximum absolute atomic E-state index is 4.14. The number of hydrogen-bond acceptors (Lipinski definition) is 4. The van der Waals surface area contributed by atoms with Gasteiger partial charge in [-0.3, -0.25) is 0 Å². The third-order valence-corrected chi connectivity index (χ3v) is 2.73. The molecule has 1 saturated carbocycles. The highest BCUT2D eigenvalue weighted by atomic mass is 79.9. The molecule has 0 N–H and O–H groups in total. The molecule has 5 nitrogen and oxygen atoms in total. The molecule has 0 spiro atoms. The van der Waals surface area contributed by atoms with Crippen LogP contribution in [-0.4, -0.2) is 25.0 Å². The normalized spacial score (nSPS) is 15.5. The van der Waals surface area contributed by atoms with Crippen LogP contribution in [0, 0.1) is 0 Å². The largest absolute Gasteiger partial charge is 0.251 e. The second kappa shape index (κ2) is 3.37. The van der Waals surface area contributed by atoms with E-state index in [1.165, 1.54) is 12.8 Å². The molecular weight excluding hydrogens is 258 g/mol. The van der Waals surface area contributed by atoms with Crippen molar-refractivity contribution in [1.29, 1.82) is 0 Å². The van der Waals surface area contributed by atoms with Gasteiger partial charge in [0.1, 0.15) is 0 Å². The van der Waals surface area contributed by atoms with Crippen molar-refractivity contribution in [1.82, 2.24) is 25.0 Å². The first-order valence-electron chi connectivity index (χ1n) is 4.73. The Labute approximate surface area is 94.7 Å². The minimum Gasteiger partial charge on any atom is -0.218 e. The fourth-order valence-corrected chi connectivity index (χ4v) is 1.57. The molecule has 1 fully saturated rings. The Balaban J connectivity index is 1.93. The van der Waals surface area contributed by atoms with Gasteiger partial charge in [0.2, 0.25) is 0 Å². The second-order valence-corrected chi connectivity index (χ2v) is 4.48. The molecule has 2 aromatic heterocycles. The van der Waals surface area contributed by atoms with E-state index in [0.29, 0.717) is 11.9 Å². The molecule has 0 saturated heterocycles. The molecule has 0 amide bonds. The van der Waals surface area contributed by atoms with Crippen molar-refractivity contribution < 1.29 is 0 Å². The zero-order chi connectivity index (χ0) is 10.3. The predicted molar refractivity (Wildman–Crippen MR) is 56.6 cm³/mol. The molecule has 1 aliphatic carbocycles. The highest BCUT2D eigenvalue weighted by Crippen LogP contribution is 2.38. The van der Waals surface area contributed by atoms with Crippen LogP contribution in [-0.2, 0) is 0 Å². The summed E-state index contributed by atoms with van der Waals surface area (Å²) in [6.45, 7) is 0. The monoisotopic (exact) mass is 265 g/mol. The zero-order valence-electron chi connectivity index (χ0n) is 7.84. The molecule has 0 aromatic carbocycles. The summed E-state index contributed by atoms with van der Waals surface area (Å²) >= 11 is 3.29. The third-order valence-electron chi connectivity index (χ3n) is 2.32. The van der Waals surface area contributed by atoms with Gasteiger partial charge in [-0.15, -0.1) is 5.10 Å². The minimum absolute atomic E-state index is 0.553. The Morgan fingerprint density at radius 1 is 1.27 bits per heavy atom. The Hall–Kier alpha value is -1.30. The maximum atomic E-state index is 4.14. The standard InChI is InChI=1S/C9H8BrN5/c10-7-3-11-9(12-4-7)15-5-8(13-14-15)6-1-2-6/h3-6H,1-2H2. The first kappa shape index (κ1) is 8.96. The highest BCUT2D eigenvalue weighted by molar-refractivity contribution is 9.10. The molecule has 2 aromatic rings. The summed E-state index contributed by atoms with van der Waals surface area (Å²) in [6.07, 6.45) is 7.74. The smallest absolute Gasteiger partial charge is 0.218 e. The van der Waals surface area contributed by atoms with E-state index in [0.717, 1.165) is 10.2 Å². The van der Waals surface area contributed by atoms with Crippen LogP contribution < -0.4 is 0 Å². The van der Waals surface area contributed by atoms with Crippen LogP contribution in [0.5, 0.6) is 0 Å². The lowest BCUT2D eigenvalue weighted by Crippen LogP contribution is -2.00. The summed E-state index contributed by atoms with van der Waals surface area (Å²) in [5.74, 6) is 1.16. The van der Waals surface area contributed by atoms with Gasteiger partial charge in [-0.1, -0.05) is 5.21 Å². The van der Waals surface area contributed by atoms with E-state index >= 15 is 0 Å². The Kier molecular flexibility index (Phi) is 2.02. The quantitative estimate of drug-likeness (QED) is 0.830. The molecule has 0 unspecified atom stereocenters. The van der Waals surface area contributed by atoms with Crippen molar-refractivity contribution >= 4 is 15.9 Å². The summed E-state index contributed by atoms with van der Waals surface area (Å²) in [5.41, 5.74) is 1.04. The molecule has 15 heavy (non-hydrogen) atoms. The summed E-state index contributed by atoms with van der Waals surface area (Å²) in [4.78, 5) is 8.29. The van der Waals surface area contributed by atoms with Crippen molar-refractivity contribution in [2.24, 2.45) is 0 Å². The number of hydrogen-bond donors (Lipinski definition) is 0. The summed E-state index contributed by atoms with van der Waals surface area (Å²) in [6, 6.07) is 0. The van der Waals surface area contributed by atoms with Gasteiger partial charge in [0, 0.05) is 18.3 Å². The van der Waals surface area contributed by atoms with Crippen LogP contribution in [0.2, 0.25) is 0 Å². The first-order valence-corrected chi connectivity index (χ1v) is 5.52. The summed E-state index contributed by atoms with van der Waals surface area (Å²) < 4.78 is 2.47. The van der Waals surface area contributed by atoms with Crippen molar-refractivity contribution in [2.45, 2.75) is 18.8 Å². The third kappa shape index (κ3) is 1.77. The molecule has 76 valence electrons. The van der Waals surface area contributed by atoms with Gasteiger partial charge in [0.15, 0.2) is 0 Å². The van der Waals surface area contributed by atoms with E-state index in [9.17, 15) is 0 Å². The fraction of sp³-hybridized carbons (Fsp3) is 0.333. The number of halogens is 1. The van der Waals surface area contributed by atoms with E-state index in [1.54, 1.807) is 17.1 Å². The van der Waals surface area contributed by atoms with E-state index in [-0.39, 0.29) is 0 Å². The Morgan fingerprint density at radius 3 is 2.67 bits per heavy atom. The van der Waals surface area contributed by atoms with Crippen LogP contribution in [0.15, 0.2) is 23.1 Å².